The van der Waals surface area contributed by atoms with E-state index in [1.54, 1.807) is 19.1 Å². The molecule has 0 bridgehead atoms. The van der Waals surface area contributed by atoms with E-state index < -0.39 is 0 Å². The fraction of sp³-hybridized carbons (Fsp3) is 0.267. The lowest BCUT2D eigenvalue weighted by Gasteiger charge is -2.15. The molecule has 0 atom stereocenters. The molecule has 8 heteroatoms. The lowest BCUT2D eigenvalue weighted by molar-refractivity contribution is 0.326. The van der Waals surface area contributed by atoms with Gasteiger partial charge in [0.15, 0.2) is 0 Å². The second-order valence-corrected chi connectivity index (χ2v) is 6.41. The van der Waals surface area contributed by atoms with E-state index in [1.165, 1.54) is 21.9 Å². The minimum Gasteiger partial charge on any atom is -0.492 e. The highest BCUT2D eigenvalue weighted by atomic mass is 35.5. The first kappa shape index (κ1) is 15.8. The largest absolute Gasteiger partial charge is 0.492 e. The normalized spacial score (nSPS) is 10.9. The summed E-state index contributed by atoms with van der Waals surface area (Å²) < 4.78 is 6.99. The second-order valence-electron chi connectivity index (χ2n) is 5.04. The molecule has 0 saturated carbocycles. The molecule has 23 heavy (non-hydrogen) atoms. The smallest absolute Gasteiger partial charge is 0.275 e. The Kier molecular flexibility index (Phi) is 4.49. The topological polar surface area (TPSA) is 59.7 Å². The van der Waals surface area contributed by atoms with Gasteiger partial charge in [0.05, 0.1) is 6.54 Å². The Labute approximate surface area is 141 Å². The van der Waals surface area contributed by atoms with Crippen molar-refractivity contribution in [3.8, 4) is 5.75 Å². The molecule has 6 nitrogen and oxygen atoms in total. The average molecular weight is 351 g/mol. The van der Waals surface area contributed by atoms with Crippen molar-refractivity contribution in [3.63, 3.8) is 0 Å². The van der Waals surface area contributed by atoms with Gasteiger partial charge in [0.2, 0.25) is 10.1 Å². The number of anilines is 1. The monoisotopic (exact) mass is 350 g/mol. The van der Waals surface area contributed by atoms with Crippen LogP contribution in [-0.4, -0.2) is 34.8 Å². The highest BCUT2D eigenvalue weighted by molar-refractivity contribution is 7.20. The van der Waals surface area contributed by atoms with Crippen LogP contribution in [0.4, 0.5) is 5.13 Å². The van der Waals surface area contributed by atoms with Crippen LogP contribution < -0.4 is 15.2 Å². The molecule has 2 heterocycles. The van der Waals surface area contributed by atoms with E-state index in [0.29, 0.717) is 28.8 Å². The summed E-state index contributed by atoms with van der Waals surface area (Å²) in [6.07, 6.45) is 0. The summed E-state index contributed by atoms with van der Waals surface area (Å²) in [6.45, 7) is 2.93. The van der Waals surface area contributed by atoms with Crippen LogP contribution in [-0.2, 0) is 0 Å². The van der Waals surface area contributed by atoms with Crippen molar-refractivity contribution in [1.29, 1.82) is 0 Å². The third-order valence-electron chi connectivity index (χ3n) is 3.20. The fourth-order valence-corrected chi connectivity index (χ4v) is 3.06. The highest BCUT2D eigenvalue weighted by Crippen LogP contribution is 2.20. The first-order chi connectivity index (χ1) is 11.0. The van der Waals surface area contributed by atoms with Gasteiger partial charge in [-0.25, -0.2) is 4.98 Å². The van der Waals surface area contributed by atoms with Gasteiger partial charge >= 0.3 is 0 Å². The minimum absolute atomic E-state index is 0.166. The van der Waals surface area contributed by atoms with Crippen molar-refractivity contribution in [1.82, 2.24) is 14.6 Å². The maximum absolute atomic E-state index is 11.9. The summed E-state index contributed by atoms with van der Waals surface area (Å²) in [5.74, 6) is 0.764. The molecule has 0 aliphatic heterocycles. The zero-order valence-electron chi connectivity index (χ0n) is 12.7. The molecule has 0 N–H and O–H groups in total. The zero-order valence-corrected chi connectivity index (χ0v) is 14.3. The van der Waals surface area contributed by atoms with Crippen LogP contribution >= 0.6 is 22.9 Å². The predicted octanol–water partition coefficient (Wildman–Crippen LogP) is 2.63. The molecule has 3 aromatic rings. The van der Waals surface area contributed by atoms with Crippen molar-refractivity contribution in [3.05, 3.63) is 51.4 Å². The summed E-state index contributed by atoms with van der Waals surface area (Å²) in [6, 6.07) is 8.70. The number of fused-ring (bicyclic) bond motifs is 1. The average Bonchev–Trinajstić information content (AvgIpc) is 2.93. The fourth-order valence-electron chi connectivity index (χ4n) is 1.99. The van der Waals surface area contributed by atoms with Crippen molar-refractivity contribution in [2.45, 2.75) is 6.92 Å². The zero-order chi connectivity index (χ0) is 16.4. The minimum atomic E-state index is -0.166. The molecule has 0 fully saturated rings. The summed E-state index contributed by atoms with van der Waals surface area (Å²) in [5.41, 5.74) is 0.528. The SMILES string of the molecule is Cc1cc(=O)n2nc(N(C)CCOc3ccc(Cl)cc3)sc2n1. The number of likely N-dealkylation sites (N-methyl/N-ethyl adjacent to an activating group) is 1. The molecule has 120 valence electrons. The Hall–Kier alpha value is -2.12. The number of halogens is 1. The number of rotatable bonds is 5. The number of nitrogens with zero attached hydrogens (tertiary/aromatic N) is 4. The number of aryl methyl sites for hydroxylation is 1. The summed E-state index contributed by atoms with van der Waals surface area (Å²) in [5, 5.41) is 5.70. The number of hydrogen-bond acceptors (Lipinski definition) is 6. The molecule has 3 rings (SSSR count). The van der Waals surface area contributed by atoms with Gasteiger partial charge in [-0.05, 0) is 31.2 Å². The standard InChI is InChI=1S/C15H15ClN4O2S/c1-10-9-13(21)20-14(17-10)23-15(18-20)19(2)7-8-22-12-5-3-11(16)4-6-12/h3-6,9H,7-8H2,1-2H3. The van der Waals surface area contributed by atoms with Crippen LogP contribution in [0.15, 0.2) is 35.1 Å². The van der Waals surface area contributed by atoms with Gasteiger partial charge in [-0.15, -0.1) is 5.10 Å². The molecule has 1 aromatic carbocycles. The van der Waals surface area contributed by atoms with Crippen LogP contribution in [0.1, 0.15) is 5.69 Å². The number of ether oxygens (including phenoxy) is 1. The molecular formula is C15H15ClN4O2S. The number of benzene rings is 1. The molecule has 0 unspecified atom stereocenters. The van der Waals surface area contributed by atoms with Crippen molar-refractivity contribution in [2.24, 2.45) is 0 Å². The van der Waals surface area contributed by atoms with Crippen LogP contribution in [0.3, 0.4) is 0 Å². The molecule has 0 spiro atoms. The van der Waals surface area contributed by atoms with E-state index in [2.05, 4.69) is 10.1 Å². The van der Waals surface area contributed by atoms with Crippen molar-refractivity contribution < 1.29 is 4.74 Å². The van der Waals surface area contributed by atoms with Gasteiger partial charge in [-0.3, -0.25) is 4.79 Å². The summed E-state index contributed by atoms with van der Waals surface area (Å²) in [7, 11) is 1.90. The third-order valence-corrected chi connectivity index (χ3v) is 4.47. The maximum Gasteiger partial charge on any atom is 0.275 e. The second kappa shape index (κ2) is 6.55. The predicted molar refractivity (Wildman–Crippen MR) is 92.1 cm³/mol. The van der Waals surface area contributed by atoms with E-state index in [1.807, 2.05) is 24.1 Å². The molecule has 2 aromatic heterocycles. The van der Waals surface area contributed by atoms with E-state index in [4.69, 9.17) is 16.3 Å². The lowest BCUT2D eigenvalue weighted by atomic mass is 10.3. The molecular weight excluding hydrogens is 336 g/mol. The Morgan fingerprint density at radius 2 is 2.09 bits per heavy atom. The molecule has 0 amide bonds. The van der Waals surface area contributed by atoms with E-state index in [9.17, 15) is 4.79 Å². The molecule has 0 aliphatic carbocycles. The van der Waals surface area contributed by atoms with Crippen LogP contribution in [0.25, 0.3) is 4.96 Å². The number of hydrogen-bond donors (Lipinski definition) is 0. The van der Waals surface area contributed by atoms with Gasteiger partial charge in [-0.2, -0.15) is 4.52 Å². The van der Waals surface area contributed by atoms with Gasteiger partial charge in [0.25, 0.3) is 5.56 Å². The Balaban J connectivity index is 1.66. The number of aromatic nitrogens is 3. The first-order valence-corrected chi connectivity index (χ1v) is 8.19. The molecule has 0 aliphatic rings. The first-order valence-electron chi connectivity index (χ1n) is 7.00. The van der Waals surface area contributed by atoms with Crippen LogP contribution in [0.2, 0.25) is 5.02 Å². The van der Waals surface area contributed by atoms with E-state index in [-0.39, 0.29) is 5.56 Å². The van der Waals surface area contributed by atoms with Gasteiger partial charge < -0.3 is 9.64 Å². The summed E-state index contributed by atoms with van der Waals surface area (Å²) >= 11 is 7.21. The highest BCUT2D eigenvalue weighted by Gasteiger charge is 2.11. The van der Waals surface area contributed by atoms with Gasteiger partial charge in [0.1, 0.15) is 12.4 Å². The van der Waals surface area contributed by atoms with Gasteiger partial charge in [0, 0.05) is 23.8 Å². The quantitative estimate of drug-likeness (QED) is 0.708. The lowest BCUT2D eigenvalue weighted by Crippen LogP contribution is -2.24. The van der Waals surface area contributed by atoms with Crippen LogP contribution in [0, 0.1) is 6.92 Å². The van der Waals surface area contributed by atoms with Crippen molar-refractivity contribution in [2.75, 3.05) is 25.1 Å². The molecule has 0 radical (unpaired) electrons. The Morgan fingerprint density at radius 1 is 1.35 bits per heavy atom. The Morgan fingerprint density at radius 3 is 2.83 bits per heavy atom. The maximum atomic E-state index is 11.9. The summed E-state index contributed by atoms with van der Waals surface area (Å²) in [4.78, 5) is 18.7. The van der Waals surface area contributed by atoms with E-state index in [0.717, 1.165) is 10.9 Å². The molecule has 0 saturated heterocycles. The van der Waals surface area contributed by atoms with Gasteiger partial charge in [-0.1, -0.05) is 22.9 Å². The van der Waals surface area contributed by atoms with Crippen molar-refractivity contribution >= 4 is 33.0 Å². The Bertz CT molecular complexity index is 875. The van der Waals surface area contributed by atoms with E-state index >= 15 is 0 Å². The third kappa shape index (κ3) is 3.62. The van der Waals surface area contributed by atoms with Crippen LogP contribution in [0.5, 0.6) is 5.75 Å².